The van der Waals surface area contributed by atoms with Crippen LogP contribution in [0.3, 0.4) is 0 Å². The molecular formula is C29H34ClFN4O6. The van der Waals surface area contributed by atoms with Gasteiger partial charge in [0.25, 0.3) is 0 Å². The predicted molar refractivity (Wildman–Crippen MR) is 152 cm³/mol. The van der Waals surface area contributed by atoms with E-state index in [1.54, 1.807) is 45.0 Å². The summed E-state index contributed by atoms with van der Waals surface area (Å²) in [5.74, 6) is 0.0785. The minimum absolute atomic E-state index is 0.00890. The van der Waals surface area contributed by atoms with Crippen LogP contribution in [0.15, 0.2) is 36.7 Å². The zero-order valence-corrected chi connectivity index (χ0v) is 24.4. The molecule has 0 aliphatic heterocycles. The van der Waals surface area contributed by atoms with Crippen molar-refractivity contribution < 1.29 is 32.9 Å². The summed E-state index contributed by atoms with van der Waals surface area (Å²) in [6.45, 7) is 5.26. The molecule has 1 aliphatic carbocycles. The number of esters is 1. The highest BCUT2D eigenvalue weighted by atomic mass is 35.5. The van der Waals surface area contributed by atoms with Crippen LogP contribution in [0.1, 0.15) is 46.5 Å². The molecule has 0 saturated heterocycles. The summed E-state index contributed by atoms with van der Waals surface area (Å²) in [6.07, 6.45) is 3.00. The number of rotatable bonds is 8. The maximum atomic E-state index is 14.6. The highest BCUT2D eigenvalue weighted by Gasteiger charge is 2.36. The second-order valence-electron chi connectivity index (χ2n) is 10.8. The maximum Gasteiger partial charge on any atom is 0.408 e. The third kappa shape index (κ3) is 7.46. The zero-order chi connectivity index (χ0) is 29.7. The van der Waals surface area contributed by atoms with Gasteiger partial charge in [-0.3, -0.25) is 0 Å². The Morgan fingerprint density at radius 2 is 1.80 bits per heavy atom. The van der Waals surface area contributed by atoms with Crippen molar-refractivity contribution >= 4 is 46.1 Å². The number of amides is 1. The van der Waals surface area contributed by atoms with Crippen molar-refractivity contribution in [3.8, 4) is 11.5 Å². The number of nitrogens with zero attached hydrogens (tertiary/aromatic N) is 2. The summed E-state index contributed by atoms with van der Waals surface area (Å²) < 4.78 is 36.8. The highest BCUT2D eigenvalue weighted by Crippen LogP contribution is 2.38. The lowest BCUT2D eigenvalue weighted by molar-refractivity contribution is -0.145. The third-order valence-corrected chi connectivity index (χ3v) is 7.03. The molecule has 1 fully saturated rings. The molecule has 0 spiro atoms. The first-order valence-corrected chi connectivity index (χ1v) is 13.6. The number of hydrogen-bond acceptors (Lipinski definition) is 9. The van der Waals surface area contributed by atoms with Crippen LogP contribution in [-0.4, -0.2) is 54.0 Å². The number of anilines is 2. The molecule has 2 N–H and O–H groups in total. The Hall–Kier alpha value is -3.86. The molecule has 220 valence electrons. The van der Waals surface area contributed by atoms with Gasteiger partial charge < -0.3 is 29.6 Å². The largest absolute Gasteiger partial charge is 0.493 e. The zero-order valence-electron chi connectivity index (χ0n) is 23.6. The Morgan fingerprint density at radius 3 is 2.46 bits per heavy atom. The van der Waals surface area contributed by atoms with Crippen molar-refractivity contribution in [1.29, 1.82) is 0 Å². The SMILES string of the molecule is COC(=O)[C@H](NC(=O)OC(C)(C)C)[C@H]1CC[C@@H](Oc2cc3c(Nc4cccc(Cl)c4F)ncnc3cc2OC)CC1. The van der Waals surface area contributed by atoms with Crippen LogP contribution in [0.2, 0.25) is 5.02 Å². The van der Waals surface area contributed by atoms with Gasteiger partial charge >= 0.3 is 12.1 Å². The maximum absolute atomic E-state index is 14.6. The molecule has 1 aromatic heterocycles. The van der Waals surface area contributed by atoms with Gasteiger partial charge in [-0.15, -0.1) is 0 Å². The van der Waals surface area contributed by atoms with Crippen LogP contribution in [0.4, 0.5) is 20.7 Å². The first kappa shape index (κ1) is 30.1. The van der Waals surface area contributed by atoms with E-state index >= 15 is 0 Å². The fraction of sp³-hybridized carbons (Fsp3) is 0.448. The quantitative estimate of drug-likeness (QED) is 0.297. The number of ether oxygens (including phenoxy) is 4. The lowest BCUT2D eigenvalue weighted by Gasteiger charge is -2.33. The van der Waals surface area contributed by atoms with E-state index in [9.17, 15) is 14.0 Å². The third-order valence-electron chi connectivity index (χ3n) is 6.74. The topological polar surface area (TPSA) is 121 Å². The van der Waals surface area contributed by atoms with Gasteiger partial charge in [0.15, 0.2) is 17.3 Å². The molecule has 4 rings (SSSR count). The van der Waals surface area contributed by atoms with Gasteiger partial charge in [0.2, 0.25) is 0 Å². The fourth-order valence-electron chi connectivity index (χ4n) is 4.79. The van der Waals surface area contributed by atoms with Crippen LogP contribution in [0, 0.1) is 11.7 Å². The van der Waals surface area contributed by atoms with E-state index in [0.29, 0.717) is 53.9 Å². The molecule has 1 aliphatic rings. The minimum atomic E-state index is -0.830. The van der Waals surface area contributed by atoms with Crippen molar-refractivity contribution in [1.82, 2.24) is 15.3 Å². The Labute approximate surface area is 242 Å². The van der Waals surface area contributed by atoms with E-state index in [4.69, 9.17) is 30.5 Å². The van der Waals surface area contributed by atoms with Crippen LogP contribution in [0.5, 0.6) is 11.5 Å². The molecular weight excluding hydrogens is 555 g/mol. The van der Waals surface area contributed by atoms with Crippen molar-refractivity contribution in [2.24, 2.45) is 5.92 Å². The Morgan fingerprint density at radius 1 is 1.07 bits per heavy atom. The van der Waals surface area contributed by atoms with E-state index < -0.39 is 29.5 Å². The predicted octanol–water partition coefficient (Wildman–Crippen LogP) is 6.18. The molecule has 1 heterocycles. The molecule has 1 saturated carbocycles. The number of hydrogen-bond donors (Lipinski definition) is 2. The van der Waals surface area contributed by atoms with Gasteiger partial charge in [0.1, 0.15) is 23.8 Å². The van der Waals surface area contributed by atoms with Crippen molar-refractivity contribution in [2.75, 3.05) is 19.5 Å². The molecule has 0 radical (unpaired) electrons. The van der Waals surface area contributed by atoms with Crippen LogP contribution >= 0.6 is 11.6 Å². The van der Waals surface area contributed by atoms with Crippen molar-refractivity contribution in [3.05, 3.63) is 47.5 Å². The molecule has 2 aromatic carbocycles. The number of benzene rings is 2. The second-order valence-corrected chi connectivity index (χ2v) is 11.2. The molecule has 1 atom stereocenters. The van der Waals surface area contributed by atoms with E-state index in [2.05, 4.69) is 20.6 Å². The lowest BCUT2D eigenvalue weighted by Crippen LogP contribution is -2.49. The van der Waals surface area contributed by atoms with Gasteiger partial charge in [0, 0.05) is 11.5 Å². The Kier molecular flexibility index (Phi) is 9.37. The summed E-state index contributed by atoms with van der Waals surface area (Å²) >= 11 is 5.94. The minimum Gasteiger partial charge on any atom is -0.493 e. The molecule has 0 unspecified atom stereocenters. The molecule has 12 heteroatoms. The summed E-state index contributed by atoms with van der Waals surface area (Å²) in [7, 11) is 2.83. The monoisotopic (exact) mass is 588 g/mol. The van der Waals surface area contributed by atoms with Gasteiger partial charge in [-0.25, -0.2) is 23.9 Å². The van der Waals surface area contributed by atoms with E-state index in [-0.39, 0.29) is 22.7 Å². The first-order valence-electron chi connectivity index (χ1n) is 13.3. The lowest BCUT2D eigenvalue weighted by atomic mass is 9.82. The number of methoxy groups -OCH3 is 2. The molecule has 41 heavy (non-hydrogen) atoms. The van der Waals surface area contributed by atoms with Crippen molar-refractivity contribution in [3.63, 3.8) is 0 Å². The van der Waals surface area contributed by atoms with Crippen LogP contribution in [0.25, 0.3) is 10.9 Å². The Bertz CT molecular complexity index is 1410. The number of halogens is 2. The number of carbonyl (C=O) groups excluding carboxylic acids is 2. The summed E-state index contributed by atoms with van der Waals surface area (Å²) in [5, 5.41) is 6.26. The van der Waals surface area contributed by atoms with Gasteiger partial charge in [0.05, 0.1) is 36.6 Å². The second kappa shape index (κ2) is 12.8. The van der Waals surface area contributed by atoms with Crippen LogP contribution in [-0.2, 0) is 14.3 Å². The van der Waals surface area contributed by atoms with E-state index in [0.717, 1.165) is 0 Å². The normalized spacial score (nSPS) is 17.8. The van der Waals surface area contributed by atoms with E-state index in [1.807, 2.05) is 0 Å². The van der Waals surface area contributed by atoms with Gasteiger partial charge in [-0.2, -0.15) is 0 Å². The highest BCUT2D eigenvalue weighted by molar-refractivity contribution is 6.31. The smallest absolute Gasteiger partial charge is 0.408 e. The molecule has 3 aromatic rings. The number of carbonyl (C=O) groups is 2. The molecule has 1 amide bonds. The van der Waals surface area contributed by atoms with E-state index in [1.165, 1.54) is 26.6 Å². The van der Waals surface area contributed by atoms with Crippen molar-refractivity contribution in [2.45, 2.75) is 64.2 Å². The number of nitrogens with one attached hydrogen (secondary N) is 2. The first-order chi connectivity index (χ1) is 19.5. The summed E-state index contributed by atoms with van der Waals surface area (Å²) in [5.41, 5.74) is 0.0546. The standard InChI is InChI=1S/C29H34ClFN4O6/c1-29(2,3)41-28(37)35-25(27(36)39-5)16-9-11-17(12-10-16)40-23-13-18-21(14-22(23)38-4)32-15-33-26(18)34-20-8-6-7-19(30)24(20)31/h6-8,13-17,25H,9-12H2,1-5H3,(H,35,37)(H,32,33,34)/t16-,17+,25-/m1/s1. The fourth-order valence-corrected chi connectivity index (χ4v) is 4.97. The molecule has 0 bridgehead atoms. The summed E-state index contributed by atoms with van der Waals surface area (Å²) in [6, 6.07) is 7.32. The van der Waals surface area contributed by atoms with Gasteiger partial charge in [-0.05, 0) is 70.6 Å². The number of aromatic nitrogens is 2. The van der Waals surface area contributed by atoms with Gasteiger partial charge in [-0.1, -0.05) is 17.7 Å². The average molecular weight is 589 g/mol. The average Bonchev–Trinajstić information content (AvgIpc) is 2.93. The number of alkyl carbamates (subject to hydrolysis) is 1. The Balaban J connectivity index is 1.50. The molecule has 10 nitrogen and oxygen atoms in total. The van der Waals surface area contributed by atoms with Crippen LogP contribution < -0.4 is 20.1 Å². The summed E-state index contributed by atoms with van der Waals surface area (Å²) in [4.78, 5) is 33.5. The number of fused-ring (bicyclic) bond motifs is 1.